The zero-order chi connectivity index (χ0) is 14.0. The van der Waals surface area contributed by atoms with Crippen molar-refractivity contribution >= 4 is 0 Å². The van der Waals surface area contributed by atoms with Crippen LogP contribution < -0.4 is 0 Å². The molecule has 0 aliphatic heterocycles. The van der Waals surface area contributed by atoms with Crippen LogP contribution in [0.4, 0.5) is 4.39 Å². The third-order valence-corrected chi connectivity index (χ3v) is 3.46. The minimum Gasteiger partial charge on any atom is -0.281 e. The molecule has 0 spiro atoms. The van der Waals surface area contributed by atoms with Crippen molar-refractivity contribution in [2.45, 2.75) is 46.5 Å². The summed E-state index contributed by atoms with van der Waals surface area (Å²) >= 11 is 0. The van der Waals surface area contributed by atoms with Crippen LogP contribution >= 0.6 is 0 Å². The number of nitrogens with one attached hydrogen (secondary N) is 1. The third-order valence-electron chi connectivity index (χ3n) is 3.46. The summed E-state index contributed by atoms with van der Waals surface area (Å²) in [6.45, 7) is 7.87. The highest BCUT2D eigenvalue weighted by atomic mass is 19.1. The fourth-order valence-electron chi connectivity index (χ4n) is 2.25. The highest BCUT2D eigenvalue weighted by Crippen LogP contribution is 2.42. The lowest BCUT2D eigenvalue weighted by Gasteiger charge is -2.02. The van der Waals surface area contributed by atoms with E-state index >= 15 is 0 Å². The summed E-state index contributed by atoms with van der Waals surface area (Å²) < 4.78 is 13.2. The van der Waals surface area contributed by atoms with Gasteiger partial charge in [-0.25, -0.2) is 4.39 Å². The molecule has 3 heteroatoms. The van der Waals surface area contributed by atoms with E-state index < -0.39 is 0 Å². The molecule has 19 heavy (non-hydrogen) atoms. The fourth-order valence-corrected chi connectivity index (χ4v) is 2.25. The van der Waals surface area contributed by atoms with Crippen LogP contribution in [0.5, 0.6) is 0 Å². The van der Waals surface area contributed by atoms with Crippen molar-refractivity contribution in [1.82, 2.24) is 10.2 Å². The van der Waals surface area contributed by atoms with Gasteiger partial charge in [-0.1, -0.05) is 13.8 Å². The van der Waals surface area contributed by atoms with Gasteiger partial charge in [-0.3, -0.25) is 5.10 Å². The summed E-state index contributed by atoms with van der Waals surface area (Å²) in [5.41, 5.74) is 5.07. The van der Waals surface area contributed by atoms with Gasteiger partial charge >= 0.3 is 0 Å². The van der Waals surface area contributed by atoms with Crippen LogP contribution in [-0.4, -0.2) is 10.2 Å². The second kappa shape index (κ2) is 5.55. The number of H-pyrrole nitrogens is 1. The SMILES string of the molecule is CC.Cc1cc(-c2n[nH]c(C3CC3)c2C)ccc1F.[HH]. The van der Waals surface area contributed by atoms with Crippen LogP contribution in [0.1, 0.15) is 50.9 Å². The highest BCUT2D eigenvalue weighted by Gasteiger charge is 2.28. The maximum Gasteiger partial charge on any atom is 0.126 e. The Kier molecular flexibility index (Phi) is 4.03. The van der Waals surface area contributed by atoms with Crippen LogP contribution in [0.25, 0.3) is 11.3 Å². The molecule has 2 aromatic rings. The first kappa shape index (κ1) is 13.8. The van der Waals surface area contributed by atoms with Crippen molar-refractivity contribution in [3.63, 3.8) is 0 Å². The topological polar surface area (TPSA) is 28.7 Å². The van der Waals surface area contributed by atoms with E-state index in [1.54, 1.807) is 13.0 Å². The lowest BCUT2D eigenvalue weighted by molar-refractivity contribution is 0.618. The van der Waals surface area contributed by atoms with E-state index in [9.17, 15) is 4.39 Å². The second-order valence-corrected chi connectivity index (χ2v) is 4.85. The van der Waals surface area contributed by atoms with Gasteiger partial charge in [-0.05, 0) is 56.0 Å². The van der Waals surface area contributed by atoms with E-state index in [2.05, 4.69) is 17.1 Å². The Hall–Kier alpha value is -1.64. The molecule has 0 unspecified atom stereocenters. The molecule has 0 radical (unpaired) electrons. The molecule has 104 valence electrons. The van der Waals surface area contributed by atoms with Crippen LogP contribution in [0, 0.1) is 19.7 Å². The number of aromatic nitrogens is 2. The van der Waals surface area contributed by atoms with Crippen LogP contribution in [0.15, 0.2) is 18.2 Å². The van der Waals surface area contributed by atoms with Crippen LogP contribution in [0.3, 0.4) is 0 Å². The second-order valence-electron chi connectivity index (χ2n) is 4.85. The predicted molar refractivity (Wildman–Crippen MR) is 78.9 cm³/mol. The molecule has 0 amide bonds. The highest BCUT2D eigenvalue weighted by molar-refractivity contribution is 5.64. The number of nitrogens with zero attached hydrogens (tertiary/aromatic N) is 1. The van der Waals surface area contributed by atoms with Gasteiger partial charge in [0.25, 0.3) is 0 Å². The quantitative estimate of drug-likeness (QED) is 0.812. The molecule has 1 saturated carbocycles. The van der Waals surface area contributed by atoms with Crippen molar-refractivity contribution in [1.29, 1.82) is 0 Å². The Morgan fingerprint density at radius 1 is 1.26 bits per heavy atom. The summed E-state index contributed by atoms with van der Waals surface area (Å²) in [6, 6.07) is 5.16. The average molecular weight is 262 g/mol. The van der Waals surface area contributed by atoms with Crippen molar-refractivity contribution < 1.29 is 5.82 Å². The first-order valence-corrected chi connectivity index (χ1v) is 6.98. The summed E-state index contributed by atoms with van der Waals surface area (Å²) in [5, 5.41) is 7.50. The Bertz CT molecular complexity index is 574. The van der Waals surface area contributed by atoms with E-state index in [1.165, 1.54) is 30.2 Å². The van der Waals surface area contributed by atoms with Gasteiger partial charge in [-0.15, -0.1) is 0 Å². The largest absolute Gasteiger partial charge is 0.281 e. The van der Waals surface area contributed by atoms with Crippen molar-refractivity contribution in [3.05, 3.63) is 40.8 Å². The minimum atomic E-state index is -0.163. The molecule has 1 heterocycles. The van der Waals surface area contributed by atoms with Crippen LogP contribution in [0.2, 0.25) is 0 Å². The molecule has 0 bridgehead atoms. The van der Waals surface area contributed by atoms with Crippen molar-refractivity contribution in [2.24, 2.45) is 0 Å². The summed E-state index contributed by atoms with van der Waals surface area (Å²) in [5.74, 6) is 0.502. The van der Waals surface area contributed by atoms with Crippen molar-refractivity contribution in [3.8, 4) is 11.3 Å². The summed E-state index contributed by atoms with van der Waals surface area (Å²) in [6.07, 6.45) is 2.51. The number of hydrogen-bond acceptors (Lipinski definition) is 1. The van der Waals surface area contributed by atoms with Gasteiger partial charge in [0, 0.05) is 18.6 Å². The van der Waals surface area contributed by atoms with Gasteiger partial charge in [0.2, 0.25) is 0 Å². The fraction of sp³-hybridized carbons (Fsp3) is 0.438. The Labute approximate surface area is 115 Å². The maximum absolute atomic E-state index is 13.2. The molecule has 3 rings (SSSR count). The predicted octanol–water partition coefficient (Wildman–Crippen LogP) is 4.98. The van der Waals surface area contributed by atoms with E-state index in [1.807, 2.05) is 19.9 Å². The molecule has 0 atom stereocenters. The molecule has 1 aromatic heterocycles. The number of aromatic amines is 1. The van der Waals surface area contributed by atoms with E-state index in [4.69, 9.17) is 0 Å². The first-order valence-electron chi connectivity index (χ1n) is 6.98. The summed E-state index contributed by atoms with van der Waals surface area (Å²) in [7, 11) is 0. The molecule has 1 N–H and O–H groups in total. The lowest BCUT2D eigenvalue weighted by Crippen LogP contribution is -1.87. The van der Waals surface area contributed by atoms with Gasteiger partial charge in [0.1, 0.15) is 5.82 Å². The number of hydrogen-bond donors (Lipinski definition) is 1. The molecule has 1 fully saturated rings. The zero-order valence-electron chi connectivity index (χ0n) is 12.0. The number of rotatable bonds is 2. The zero-order valence-corrected chi connectivity index (χ0v) is 12.0. The Morgan fingerprint density at radius 2 is 1.95 bits per heavy atom. The van der Waals surface area contributed by atoms with E-state index in [0.29, 0.717) is 11.5 Å². The normalized spacial score (nSPS) is 13.9. The number of aryl methyl sites for hydroxylation is 1. The molecule has 1 aliphatic carbocycles. The van der Waals surface area contributed by atoms with E-state index in [-0.39, 0.29) is 7.24 Å². The number of halogens is 1. The summed E-state index contributed by atoms with van der Waals surface area (Å²) in [4.78, 5) is 0. The monoisotopic (exact) mass is 262 g/mol. The van der Waals surface area contributed by atoms with Crippen molar-refractivity contribution in [2.75, 3.05) is 0 Å². The smallest absolute Gasteiger partial charge is 0.126 e. The molecule has 0 saturated heterocycles. The lowest BCUT2D eigenvalue weighted by atomic mass is 10.0. The maximum atomic E-state index is 13.2. The Balaban J connectivity index is 0.000000639. The average Bonchev–Trinajstić information content (AvgIpc) is 3.19. The van der Waals surface area contributed by atoms with Crippen LogP contribution in [-0.2, 0) is 0 Å². The molecule has 2 nitrogen and oxygen atoms in total. The first-order chi connectivity index (χ1) is 9.16. The van der Waals surface area contributed by atoms with Gasteiger partial charge in [0.15, 0.2) is 0 Å². The molecular weight excluding hydrogens is 239 g/mol. The van der Waals surface area contributed by atoms with Gasteiger partial charge in [-0.2, -0.15) is 5.10 Å². The molecular formula is C16H23FN2. The molecule has 1 aromatic carbocycles. The standard InChI is InChI=1S/C14H15FN2.C2H6.H2/c1-8-7-11(5-6-12(8)15)14-9(2)13(16-17-14)10-3-4-10;1-2;/h5-7,10H,3-4H2,1-2H3,(H,16,17);1-2H3;1H. The third kappa shape index (κ3) is 2.70. The minimum absolute atomic E-state index is 0. The van der Waals surface area contributed by atoms with Gasteiger partial charge in [0.05, 0.1) is 5.69 Å². The molecule has 1 aliphatic rings. The number of benzene rings is 1. The van der Waals surface area contributed by atoms with E-state index in [0.717, 1.165) is 11.3 Å². The van der Waals surface area contributed by atoms with Gasteiger partial charge < -0.3 is 0 Å². The Morgan fingerprint density at radius 3 is 2.53 bits per heavy atom.